The van der Waals surface area contributed by atoms with Crippen LogP contribution in [0.1, 0.15) is 11.4 Å². The fraction of sp³-hybridized carbons (Fsp3) is 0. The van der Waals surface area contributed by atoms with E-state index in [1.165, 1.54) is 18.2 Å². The number of allylic oxidation sites excluding steroid dienone is 1. The number of nitriles is 1. The van der Waals surface area contributed by atoms with Crippen LogP contribution in [0.3, 0.4) is 0 Å². The topological polar surface area (TPSA) is 89.8 Å². The van der Waals surface area contributed by atoms with Crippen molar-refractivity contribution in [2.45, 2.75) is 0 Å². The van der Waals surface area contributed by atoms with Crippen LogP contribution >= 0.6 is 23.2 Å². The zero-order valence-electron chi connectivity index (χ0n) is 12.0. The SMILES string of the molecule is N#CC(=C(O)c1cc(Cl)cc(Cl)c1)c1nc2ccccc2c(=O)[nH]1. The number of aliphatic hydroxyl groups excluding tert-OH is 1. The third-order valence-electron chi connectivity index (χ3n) is 3.33. The summed E-state index contributed by atoms with van der Waals surface area (Å²) in [6, 6.07) is 13.0. The van der Waals surface area contributed by atoms with Gasteiger partial charge in [0.15, 0.2) is 5.82 Å². The molecular formula is C17H9Cl2N3O2. The number of aromatic nitrogens is 2. The maximum absolute atomic E-state index is 12.1. The van der Waals surface area contributed by atoms with Gasteiger partial charge in [-0.25, -0.2) is 4.98 Å². The molecule has 3 rings (SSSR count). The van der Waals surface area contributed by atoms with Crippen molar-refractivity contribution in [3.63, 3.8) is 0 Å². The number of nitrogens with one attached hydrogen (secondary N) is 1. The lowest BCUT2D eigenvalue weighted by molar-refractivity contribution is 0.514. The van der Waals surface area contributed by atoms with E-state index in [4.69, 9.17) is 23.2 Å². The predicted molar refractivity (Wildman–Crippen MR) is 93.9 cm³/mol. The molecule has 3 aromatic rings. The van der Waals surface area contributed by atoms with Crippen LogP contribution in [-0.2, 0) is 0 Å². The summed E-state index contributed by atoms with van der Waals surface area (Å²) in [5, 5.41) is 20.8. The largest absolute Gasteiger partial charge is 0.506 e. The third-order valence-corrected chi connectivity index (χ3v) is 3.77. The Balaban J connectivity index is 2.25. The van der Waals surface area contributed by atoms with Gasteiger partial charge in [0, 0.05) is 15.6 Å². The zero-order chi connectivity index (χ0) is 17.3. The van der Waals surface area contributed by atoms with Crippen LogP contribution in [0.15, 0.2) is 47.3 Å². The van der Waals surface area contributed by atoms with Crippen LogP contribution in [0.5, 0.6) is 0 Å². The Morgan fingerprint density at radius 1 is 1.17 bits per heavy atom. The van der Waals surface area contributed by atoms with E-state index in [1.54, 1.807) is 24.3 Å². The Kier molecular flexibility index (Phi) is 4.26. The lowest BCUT2D eigenvalue weighted by Gasteiger charge is -2.06. The number of H-pyrrole nitrogens is 1. The van der Waals surface area contributed by atoms with Crippen molar-refractivity contribution in [2.75, 3.05) is 0 Å². The molecule has 0 aliphatic heterocycles. The number of benzene rings is 2. The summed E-state index contributed by atoms with van der Waals surface area (Å²) in [6.45, 7) is 0. The van der Waals surface area contributed by atoms with Crippen LogP contribution in [0.25, 0.3) is 22.2 Å². The highest BCUT2D eigenvalue weighted by Gasteiger charge is 2.15. The highest BCUT2D eigenvalue weighted by molar-refractivity contribution is 6.34. The van der Waals surface area contributed by atoms with Gasteiger partial charge in [0.1, 0.15) is 17.4 Å². The van der Waals surface area contributed by atoms with Gasteiger partial charge in [0.05, 0.1) is 10.9 Å². The number of fused-ring (bicyclic) bond motifs is 1. The van der Waals surface area contributed by atoms with Crippen molar-refractivity contribution >= 4 is 45.4 Å². The van der Waals surface area contributed by atoms with Crippen LogP contribution in [0.4, 0.5) is 0 Å². The van der Waals surface area contributed by atoms with E-state index in [0.29, 0.717) is 20.9 Å². The molecule has 0 aliphatic rings. The molecule has 0 fully saturated rings. The van der Waals surface area contributed by atoms with Crippen molar-refractivity contribution in [3.8, 4) is 6.07 Å². The molecule has 0 unspecified atom stereocenters. The number of rotatable bonds is 2. The molecule has 0 bridgehead atoms. The van der Waals surface area contributed by atoms with E-state index in [1.807, 2.05) is 6.07 Å². The first-order chi connectivity index (χ1) is 11.5. The average molecular weight is 358 g/mol. The predicted octanol–water partition coefficient (Wildman–Crippen LogP) is 4.18. The lowest BCUT2D eigenvalue weighted by Crippen LogP contribution is -2.11. The number of hydrogen-bond donors (Lipinski definition) is 2. The Morgan fingerprint density at radius 3 is 2.50 bits per heavy atom. The molecule has 0 saturated heterocycles. The Bertz CT molecular complexity index is 1060. The van der Waals surface area contributed by atoms with Crippen LogP contribution in [-0.4, -0.2) is 15.1 Å². The van der Waals surface area contributed by atoms with Crippen LogP contribution in [0.2, 0.25) is 10.0 Å². The molecule has 118 valence electrons. The highest BCUT2D eigenvalue weighted by Crippen LogP contribution is 2.27. The summed E-state index contributed by atoms with van der Waals surface area (Å²) in [5.41, 5.74) is 0.0808. The van der Waals surface area contributed by atoms with E-state index in [-0.39, 0.29) is 22.7 Å². The van der Waals surface area contributed by atoms with E-state index in [2.05, 4.69) is 9.97 Å². The molecular weight excluding hydrogens is 349 g/mol. The minimum absolute atomic E-state index is 0.0326. The first-order valence-corrected chi connectivity index (χ1v) is 7.54. The fourth-order valence-electron chi connectivity index (χ4n) is 2.26. The minimum atomic E-state index is -0.403. The van der Waals surface area contributed by atoms with Gasteiger partial charge in [-0.2, -0.15) is 5.26 Å². The van der Waals surface area contributed by atoms with Crippen molar-refractivity contribution in [1.29, 1.82) is 5.26 Å². The summed E-state index contributed by atoms with van der Waals surface area (Å²) >= 11 is 11.8. The van der Waals surface area contributed by atoms with Gasteiger partial charge in [0.2, 0.25) is 0 Å². The van der Waals surface area contributed by atoms with Crippen molar-refractivity contribution in [2.24, 2.45) is 0 Å². The van der Waals surface area contributed by atoms with E-state index >= 15 is 0 Å². The molecule has 0 amide bonds. The van der Waals surface area contributed by atoms with Gasteiger partial charge in [-0.3, -0.25) is 4.79 Å². The molecule has 0 saturated carbocycles. The number of aliphatic hydroxyl groups is 1. The molecule has 0 atom stereocenters. The first kappa shape index (κ1) is 16.1. The second-order valence-corrected chi connectivity index (χ2v) is 5.80. The average Bonchev–Trinajstić information content (AvgIpc) is 2.54. The summed E-state index contributed by atoms with van der Waals surface area (Å²) in [6.07, 6.45) is 0. The maximum Gasteiger partial charge on any atom is 0.259 e. The summed E-state index contributed by atoms with van der Waals surface area (Å²) < 4.78 is 0. The normalized spacial score (nSPS) is 11.9. The Labute approximate surface area is 146 Å². The van der Waals surface area contributed by atoms with E-state index in [0.717, 1.165) is 0 Å². The maximum atomic E-state index is 12.1. The van der Waals surface area contributed by atoms with Crippen molar-refractivity contribution in [3.05, 3.63) is 74.3 Å². The summed E-state index contributed by atoms with van der Waals surface area (Å²) in [4.78, 5) is 18.9. The van der Waals surface area contributed by atoms with Gasteiger partial charge >= 0.3 is 0 Å². The molecule has 7 heteroatoms. The van der Waals surface area contributed by atoms with Gasteiger partial charge in [0.25, 0.3) is 5.56 Å². The van der Waals surface area contributed by atoms with Gasteiger partial charge < -0.3 is 10.1 Å². The van der Waals surface area contributed by atoms with Gasteiger partial charge in [-0.15, -0.1) is 0 Å². The van der Waals surface area contributed by atoms with Crippen LogP contribution in [0, 0.1) is 11.3 Å². The molecule has 1 aromatic heterocycles. The molecule has 0 aliphatic carbocycles. The second kappa shape index (κ2) is 6.36. The zero-order valence-corrected chi connectivity index (χ0v) is 13.6. The smallest absolute Gasteiger partial charge is 0.259 e. The molecule has 0 spiro atoms. The van der Waals surface area contributed by atoms with Gasteiger partial charge in [-0.05, 0) is 30.3 Å². The molecule has 1 heterocycles. The number of aromatic amines is 1. The van der Waals surface area contributed by atoms with E-state index in [9.17, 15) is 15.2 Å². The molecule has 2 N–H and O–H groups in total. The third kappa shape index (κ3) is 2.98. The molecule has 0 radical (unpaired) electrons. The molecule has 5 nitrogen and oxygen atoms in total. The highest BCUT2D eigenvalue weighted by atomic mass is 35.5. The fourth-order valence-corrected chi connectivity index (χ4v) is 2.78. The second-order valence-electron chi connectivity index (χ2n) is 4.93. The van der Waals surface area contributed by atoms with Gasteiger partial charge in [-0.1, -0.05) is 35.3 Å². The Morgan fingerprint density at radius 2 is 1.83 bits per heavy atom. The standard InChI is InChI=1S/C17H9Cl2N3O2/c18-10-5-9(6-11(19)7-10)15(23)13(8-20)16-21-14-4-2-1-3-12(14)17(24)22-16/h1-7,23H,(H,21,22,24). The monoisotopic (exact) mass is 357 g/mol. The summed E-state index contributed by atoms with van der Waals surface area (Å²) in [5.74, 6) is -0.407. The minimum Gasteiger partial charge on any atom is -0.506 e. The number of halogens is 2. The lowest BCUT2D eigenvalue weighted by atomic mass is 10.1. The van der Waals surface area contributed by atoms with Crippen molar-refractivity contribution < 1.29 is 5.11 Å². The van der Waals surface area contributed by atoms with Crippen LogP contribution < -0.4 is 5.56 Å². The molecule has 24 heavy (non-hydrogen) atoms. The van der Waals surface area contributed by atoms with Crippen molar-refractivity contribution in [1.82, 2.24) is 9.97 Å². The molecule has 2 aromatic carbocycles. The Hall–Kier alpha value is -2.81. The number of para-hydroxylation sites is 1. The summed E-state index contributed by atoms with van der Waals surface area (Å²) in [7, 11) is 0. The van der Waals surface area contributed by atoms with E-state index < -0.39 is 5.56 Å². The number of nitrogens with zero attached hydrogens (tertiary/aromatic N) is 2. The number of hydrogen-bond acceptors (Lipinski definition) is 4. The first-order valence-electron chi connectivity index (χ1n) is 6.79. The quantitative estimate of drug-likeness (QED) is 0.531.